The van der Waals surface area contributed by atoms with E-state index in [4.69, 9.17) is 0 Å². The zero-order chi connectivity index (χ0) is 23.4. The van der Waals surface area contributed by atoms with Crippen molar-refractivity contribution in [1.29, 1.82) is 0 Å². The summed E-state index contributed by atoms with van der Waals surface area (Å²) in [6.07, 6.45) is 4.76. The second-order valence-electron chi connectivity index (χ2n) is 9.59. The first kappa shape index (κ1) is 23.4. The van der Waals surface area contributed by atoms with Crippen LogP contribution >= 0.6 is 11.3 Å². The molecule has 0 unspecified atom stereocenters. The number of hydrogen-bond acceptors (Lipinski definition) is 6. The lowest BCUT2D eigenvalue weighted by Gasteiger charge is -2.37. The number of nitrogens with one attached hydrogen (secondary N) is 1. The van der Waals surface area contributed by atoms with Crippen LogP contribution in [0.4, 0.5) is 11.4 Å². The first-order chi connectivity index (χ1) is 15.8. The minimum absolute atomic E-state index is 0.0665. The van der Waals surface area contributed by atoms with Gasteiger partial charge in [-0.05, 0) is 43.2 Å². The van der Waals surface area contributed by atoms with Crippen LogP contribution in [0.5, 0.6) is 0 Å². The zero-order valence-electron chi connectivity index (χ0n) is 20.0. The molecule has 6 nitrogen and oxygen atoms in total. The van der Waals surface area contributed by atoms with Gasteiger partial charge in [-0.25, -0.2) is 4.98 Å². The van der Waals surface area contributed by atoms with Crippen LogP contribution in [0.2, 0.25) is 0 Å². The Bertz CT molecular complexity index is 1080. The van der Waals surface area contributed by atoms with E-state index in [1.54, 1.807) is 0 Å². The van der Waals surface area contributed by atoms with E-state index in [2.05, 4.69) is 64.1 Å². The molecule has 1 aliphatic heterocycles. The molecule has 0 spiro atoms. The van der Waals surface area contributed by atoms with Crippen LogP contribution < -0.4 is 10.2 Å². The number of amides is 1. The number of carbonyl (C=O) groups is 1. The Morgan fingerprint density at radius 1 is 1.06 bits per heavy atom. The molecule has 0 radical (unpaired) electrons. The van der Waals surface area contributed by atoms with Gasteiger partial charge in [-0.1, -0.05) is 32.9 Å². The van der Waals surface area contributed by atoms with Gasteiger partial charge in [0.15, 0.2) is 0 Å². The Kier molecular flexibility index (Phi) is 7.10. The Morgan fingerprint density at radius 2 is 1.76 bits per heavy atom. The zero-order valence-corrected chi connectivity index (χ0v) is 20.8. The monoisotopic (exact) mass is 463 g/mol. The molecular formula is C26H33N5OS. The molecule has 1 saturated heterocycles. The third kappa shape index (κ3) is 5.78. The molecule has 1 aromatic carbocycles. The van der Waals surface area contributed by atoms with E-state index < -0.39 is 0 Å². The molecule has 174 valence electrons. The standard InChI is InChI=1S/C26H33N5OS/c1-19-23(33-25(28-19)26(2,3)4)24(32)29-21-7-5-6-8-22(21)31-17-15-30(16-18-31)14-11-20-9-12-27-13-10-20/h5-10,12-13H,11,14-18H2,1-4H3,(H,29,32). The third-order valence-electron chi connectivity index (χ3n) is 5.98. The summed E-state index contributed by atoms with van der Waals surface area (Å²) in [5.41, 5.74) is 4.00. The maximum Gasteiger partial charge on any atom is 0.267 e. The molecule has 3 aromatic rings. The summed E-state index contributed by atoms with van der Waals surface area (Å²) in [6.45, 7) is 13.2. The average molecular weight is 464 g/mol. The van der Waals surface area contributed by atoms with Gasteiger partial charge in [0.25, 0.3) is 5.91 Å². The summed E-state index contributed by atoms with van der Waals surface area (Å²) in [5, 5.41) is 4.15. The molecule has 33 heavy (non-hydrogen) atoms. The molecule has 0 saturated carbocycles. The largest absolute Gasteiger partial charge is 0.367 e. The van der Waals surface area contributed by atoms with Crippen molar-refractivity contribution in [1.82, 2.24) is 14.9 Å². The number of rotatable bonds is 6. The van der Waals surface area contributed by atoms with Gasteiger partial charge in [0, 0.05) is 50.5 Å². The first-order valence-electron chi connectivity index (χ1n) is 11.6. The van der Waals surface area contributed by atoms with E-state index in [1.807, 2.05) is 37.5 Å². The van der Waals surface area contributed by atoms with Crippen LogP contribution in [0.1, 0.15) is 46.7 Å². The van der Waals surface area contributed by atoms with Crippen LogP contribution in [0.25, 0.3) is 0 Å². The molecule has 0 aliphatic carbocycles. The molecule has 1 N–H and O–H groups in total. The predicted molar refractivity (Wildman–Crippen MR) is 137 cm³/mol. The van der Waals surface area contributed by atoms with Crippen LogP contribution in [0, 0.1) is 6.92 Å². The molecular weight excluding hydrogens is 430 g/mol. The Morgan fingerprint density at radius 3 is 2.42 bits per heavy atom. The highest BCUT2D eigenvalue weighted by Crippen LogP contribution is 2.31. The number of aromatic nitrogens is 2. The summed E-state index contributed by atoms with van der Waals surface area (Å²) in [7, 11) is 0. The maximum atomic E-state index is 13.1. The van der Waals surface area contributed by atoms with Gasteiger partial charge >= 0.3 is 0 Å². The lowest BCUT2D eigenvalue weighted by atomic mass is 9.98. The van der Waals surface area contributed by atoms with Gasteiger partial charge in [0.1, 0.15) is 4.88 Å². The van der Waals surface area contributed by atoms with E-state index in [1.165, 1.54) is 16.9 Å². The van der Waals surface area contributed by atoms with Crippen molar-refractivity contribution in [3.63, 3.8) is 0 Å². The number of para-hydroxylation sites is 2. The van der Waals surface area contributed by atoms with Crippen LogP contribution in [0.15, 0.2) is 48.8 Å². The number of pyridine rings is 1. The fraction of sp³-hybridized carbons (Fsp3) is 0.423. The lowest BCUT2D eigenvalue weighted by Crippen LogP contribution is -2.47. The lowest BCUT2D eigenvalue weighted by molar-refractivity contribution is 0.103. The van der Waals surface area contributed by atoms with E-state index in [9.17, 15) is 4.79 Å². The van der Waals surface area contributed by atoms with Gasteiger partial charge in [-0.15, -0.1) is 11.3 Å². The smallest absolute Gasteiger partial charge is 0.267 e. The van der Waals surface area contributed by atoms with Gasteiger partial charge in [-0.3, -0.25) is 14.7 Å². The summed E-state index contributed by atoms with van der Waals surface area (Å²) < 4.78 is 0. The average Bonchev–Trinajstić information content (AvgIpc) is 3.22. The molecule has 3 heterocycles. The fourth-order valence-electron chi connectivity index (χ4n) is 4.01. The van der Waals surface area contributed by atoms with Gasteiger partial charge in [0.05, 0.1) is 22.1 Å². The predicted octanol–water partition coefficient (Wildman–Crippen LogP) is 4.76. The SMILES string of the molecule is Cc1nc(C(C)(C)C)sc1C(=O)Nc1ccccc1N1CCN(CCc2ccncc2)CC1. The number of nitrogens with zero attached hydrogens (tertiary/aromatic N) is 4. The van der Waals surface area contributed by atoms with Crippen molar-refractivity contribution >= 4 is 28.6 Å². The highest BCUT2D eigenvalue weighted by molar-refractivity contribution is 7.14. The molecule has 0 bridgehead atoms. The Hall–Kier alpha value is -2.77. The van der Waals surface area contributed by atoms with E-state index in [0.29, 0.717) is 4.88 Å². The normalized spacial score (nSPS) is 15.0. The number of hydrogen-bond donors (Lipinski definition) is 1. The molecule has 7 heteroatoms. The summed E-state index contributed by atoms with van der Waals surface area (Å²) >= 11 is 1.49. The van der Waals surface area contributed by atoms with Crippen molar-refractivity contribution in [3.8, 4) is 0 Å². The number of piperazine rings is 1. The van der Waals surface area contributed by atoms with Crippen molar-refractivity contribution in [2.75, 3.05) is 42.9 Å². The fourth-order valence-corrected chi connectivity index (χ4v) is 5.03. The van der Waals surface area contributed by atoms with Crippen molar-refractivity contribution < 1.29 is 4.79 Å². The summed E-state index contributed by atoms with van der Waals surface area (Å²) in [4.78, 5) is 27.4. The Labute approximate surface area is 200 Å². The van der Waals surface area contributed by atoms with Crippen LogP contribution in [-0.4, -0.2) is 53.5 Å². The Balaban J connectivity index is 1.39. The highest BCUT2D eigenvalue weighted by Gasteiger charge is 2.24. The quantitative estimate of drug-likeness (QED) is 0.571. The first-order valence-corrected chi connectivity index (χ1v) is 12.4. The van der Waals surface area contributed by atoms with E-state index in [-0.39, 0.29) is 11.3 Å². The number of carbonyl (C=O) groups excluding carboxylic acids is 1. The third-order valence-corrected chi connectivity index (χ3v) is 7.56. The molecule has 0 atom stereocenters. The topological polar surface area (TPSA) is 61.4 Å². The number of anilines is 2. The van der Waals surface area contributed by atoms with Crippen molar-refractivity contribution in [2.45, 2.75) is 39.5 Å². The molecule has 1 aliphatic rings. The summed E-state index contributed by atoms with van der Waals surface area (Å²) in [5.74, 6) is -0.0797. The molecule has 2 aromatic heterocycles. The van der Waals surface area contributed by atoms with Crippen molar-refractivity contribution in [2.24, 2.45) is 0 Å². The number of benzene rings is 1. The van der Waals surface area contributed by atoms with Gasteiger partial charge in [0.2, 0.25) is 0 Å². The van der Waals surface area contributed by atoms with Crippen LogP contribution in [-0.2, 0) is 11.8 Å². The van der Waals surface area contributed by atoms with Crippen molar-refractivity contribution in [3.05, 3.63) is 69.9 Å². The molecule has 1 amide bonds. The van der Waals surface area contributed by atoms with Gasteiger partial charge in [-0.2, -0.15) is 0 Å². The minimum atomic E-state index is -0.0797. The molecule has 4 rings (SSSR count). The number of thiazole rings is 1. The second-order valence-corrected chi connectivity index (χ2v) is 10.6. The highest BCUT2D eigenvalue weighted by atomic mass is 32.1. The van der Waals surface area contributed by atoms with E-state index >= 15 is 0 Å². The van der Waals surface area contributed by atoms with Crippen LogP contribution in [0.3, 0.4) is 0 Å². The van der Waals surface area contributed by atoms with E-state index in [0.717, 1.165) is 61.2 Å². The van der Waals surface area contributed by atoms with Gasteiger partial charge < -0.3 is 10.2 Å². The molecule has 1 fully saturated rings. The number of aryl methyl sites for hydroxylation is 1. The second kappa shape index (κ2) is 10.0. The summed E-state index contributed by atoms with van der Waals surface area (Å²) in [6, 6.07) is 12.3. The maximum absolute atomic E-state index is 13.1. The minimum Gasteiger partial charge on any atom is -0.367 e.